The number of carbonyl (C=O) groups excluding carboxylic acids is 1. The Hall–Kier alpha value is -1.78. The maximum atomic E-state index is 13.9. The Labute approximate surface area is 150 Å². The molecule has 0 spiro atoms. The molecule has 3 nitrogen and oxygen atoms in total. The van der Waals surface area contributed by atoms with Gasteiger partial charge in [0.25, 0.3) is 5.91 Å². The van der Waals surface area contributed by atoms with E-state index in [1.807, 2.05) is 32.5 Å². The lowest BCUT2D eigenvalue weighted by atomic mass is 9.90. The molecule has 0 aliphatic heterocycles. The zero-order valence-corrected chi connectivity index (χ0v) is 15.6. The second kappa shape index (κ2) is 7.63. The quantitative estimate of drug-likeness (QED) is 0.671. The van der Waals surface area contributed by atoms with E-state index in [0.29, 0.717) is 11.5 Å². The van der Waals surface area contributed by atoms with Crippen molar-refractivity contribution in [2.75, 3.05) is 6.54 Å². The first kappa shape index (κ1) is 18.0. The van der Waals surface area contributed by atoms with E-state index >= 15 is 0 Å². The zero-order chi connectivity index (χ0) is 18.0. The molecular weight excluding hydrogens is 314 g/mol. The molecule has 134 valence electrons. The van der Waals surface area contributed by atoms with Crippen molar-refractivity contribution in [3.05, 3.63) is 29.7 Å². The third kappa shape index (κ3) is 3.91. The van der Waals surface area contributed by atoms with E-state index in [2.05, 4.69) is 5.32 Å². The molecule has 1 amide bonds. The highest BCUT2D eigenvalue weighted by Crippen LogP contribution is 2.25. The summed E-state index contributed by atoms with van der Waals surface area (Å²) in [6.07, 6.45) is 9.46. The summed E-state index contributed by atoms with van der Waals surface area (Å²) in [6.45, 7) is 4.84. The summed E-state index contributed by atoms with van der Waals surface area (Å²) in [6, 6.07) is 3.21. The Balaban J connectivity index is 1.85. The minimum atomic E-state index is -0.254. The third-order valence-electron chi connectivity index (χ3n) is 5.42. The van der Waals surface area contributed by atoms with Gasteiger partial charge in [0, 0.05) is 24.2 Å². The minimum Gasteiger partial charge on any atom is -0.352 e. The normalized spacial score (nSPS) is 16.3. The highest BCUT2D eigenvalue weighted by molar-refractivity contribution is 6.40. The summed E-state index contributed by atoms with van der Waals surface area (Å²) in [7, 11) is 1.87. The standard InChI is InChI=1S/C20H28BFN2O/c1-13(2)24-12-16(19-17(21)9-15(22)10-18(19)24)20(25)23-11-14-7-5-3-4-6-8-14/h9-10,12-14H,3-8,11,21H2,1-2H3,(H,23,25). The smallest absolute Gasteiger partial charge is 0.253 e. The number of hydrogen-bond acceptors (Lipinski definition) is 1. The van der Waals surface area contributed by atoms with Crippen molar-refractivity contribution < 1.29 is 9.18 Å². The minimum absolute atomic E-state index is 0.0386. The molecule has 1 aliphatic rings. The van der Waals surface area contributed by atoms with Gasteiger partial charge in [-0.25, -0.2) is 4.39 Å². The lowest BCUT2D eigenvalue weighted by molar-refractivity contribution is 0.0947. The molecule has 1 heterocycles. The average molecular weight is 342 g/mol. The first-order valence-corrected chi connectivity index (χ1v) is 9.56. The average Bonchev–Trinajstić information content (AvgIpc) is 2.75. The third-order valence-corrected chi connectivity index (χ3v) is 5.42. The number of rotatable bonds is 4. The molecule has 1 N–H and O–H groups in total. The first-order valence-electron chi connectivity index (χ1n) is 9.56. The molecule has 1 aromatic carbocycles. The van der Waals surface area contributed by atoms with E-state index in [4.69, 9.17) is 0 Å². The van der Waals surface area contributed by atoms with Crippen molar-refractivity contribution in [1.82, 2.24) is 9.88 Å². The van der Waals surface area contributed by atoms with Gasteiger partial charge in [0.1, 0.15) is 13.7 Å². The summed E-state index contributed by atoms with van der Waals surface area (Å²) < 4.78 is 15.9. The van der Waals surface area contributed by atoms with Gasteiger partial charge >= 0.3 is 0 Å². The SMILES string of the molecule is Bc1cc(F)cc2c1c(C(=O)NCC1CCCCCC1)cn2C(C)C. The summed E-state index contributed by atoms with van der Waals surface area (Å²) in [5.41, 5.74) is 2.27. The van der Waals surface area contributed by atoms with E-state index in [1.54, 1.807) is 0 Å². The maximum absolute atomic E-state index is 13.9. The Morgan fingerprint density at radius 1 is 1.28 bits per heavy atom. The fourth-order valence-electron chi connectivity index (χ4n) is 4.05. The maximum Gasteiger partial charge on any atom is 0.253 e. The van der Waals surface area contributed by atoms with Crippen LogP contribution in [0.5, 0.6) is 0 Å². The van der Waals surface area contributed by atoms with Gasteiger partial charge in [-0.1, -0.05) is 31.1 Å². The number of aromatic nitrogens is 1. The summed E-state index contributed by atoms with van der Waals surface area (Å²) in [5, 5.41) is 4.01. The number of hydrogen-bond donors (Lipinski definition) is 1. The van der Waals surface area contributed by atoms with Gasteiger partial charge in [-0.3, -0.25) is 4.79 Å². The van der Waals surface area contributed by atoms with Crippen molar-refractivity contribution >= 4 is 30.1 Å². The fourth-order valence-corrected chi connectivity index (χ4v) is 4.05. The van der Waals surface area contributed by atoms with Crippen LogP contribution in [0, 0.1) is 11.7 Å². The topological polar surface area (TPSA) is 34.0 Å². The molecule has 0 bridgehead atoms. The zero-order valence-electron chi connectivity index (χ0n) is 15.6. The number of nitrogens with one attached hydrogen (secondary N) is 1. The molecule has 2 aromatic rings. The van der Waals surface area contributed by atoms with Crippen molar-refractivity contribution in [3.63, 3.8) is 0 Å². The molecule has 0 radical (unpaired) electrons. The Morgan fingerprint density at radius 2 is 1.96 bits per heavy atom. The van der Waals surface area contributed by atoms with Crippen LogP contribution in [-0.2, 0) is 0 Å². The highest BCUT2D eigenvalue weighted by Gasteiger charge is 2.20. The van der Waals surface area contributed by atoms with Crippen LogP contribution in [0.3, 0.4) is 0 Å². The largest absolute Gasteiger partial charge is 0.352 e. The lowest BCUT2D eigenvalue weighted by Gasteiger charge is -2.14. The van der Waals surface area contributed by atoms with Gasteiger partial charge < -0.3 is 9.88 Å². The molecule has 0 unspecified atom stereocenters. The predicted molar refractivity (Wildman–Crippen MR) is 104 cm³/mol. The van der Waals surface area contributed by atoms with Gasteiger partial charge in [-0.05, 0) is 44.7 Å². The summed E-state index contributed by atoms with van der Waals surface area (Å²) in [5.74, 6) is 0.294. The van der Waals surface area contributed by atoms with Crippen LogP contribution in [-0.4, -0.2) is 24.9 Å². The summed E-state index contributed by atoms with van der Waals surface area (Å²) >= 11 is 0. The molecule has 1 aliphatic carbocycles. The highest BCUT2D eigenvalue weighted by atomic mass is 19.1. The molecule has 25 heavy (non-hydrogen) atoms. The van der Waals surface area contributed by atoms with Crippen LogP contribution in [0.4, 0.5) is 4.39 Å². The van der Waals surface area contributed by atoms with E-state index in [9.17, 15) is 9.18 Å². The van der Waals surface area contributed by atoms with Crippen LogP contribution in [0.1, 0.15) is 68.8 Å². The first-order chi connectivity index (χ1) is 12.0. The monoisotopic (exact) mass is 342 g/mol. The van der Waals surface area contributed by atoms with Crippen LogP contribution in [0.15, 0.2) is 18.3 Å². The van der Waals surface area contributed by atoms with E-state index in [-0.39, 0.29) is 17.8 Å². The van der Waals surface area contributed by atoms with Gasteiger partial charge in [-0.2, -0.15) is 0 Å². The van der Waals surface area contributed by atoms with Crippen LogP contribution in [0.2, 0.25) is 0 Å². The molecule has 0 atom stereocenters. The van der Waals surface area contributed by atoms with Crippen molar-refractivity contribution in [1.29, 1.82) is 0 Å². The van der Waals surface area contributed by atoms with Crippen LogP contribution in [0.25, 0.3) is 10.9 Å². The Morgan fingerprint density at radius 3 is 2.60 bits per heavy atom. The van der Waals surface area contributed by atoms with Gasteiger partial charge in [-0.15, -0.1) is 0 Å². The van der Waals surface area contributed by atoms with Crippen molar-refractivity contribution in [2.45, 2.75) is 58.4 Å². The number of fused-ring (bicyclic) bond motifs is 1. The number of benzene rings is 1. The molecule has 0 saturated heterocycles. The number of nitrogens with zero attached hydrogens (tertiary/aromatic N) is 1. The van der Waals surface area contributed by atoms with E-state index in [0.717, 1.165) is 22.9 Å². The van der Waals surface area contributed by atoms with Crippen LogP contribution >= 0.6 is 0 Å². The Kier molecular flexibility index (Phi) is 5.50. The molecule has 1 saturated carbocycles. The van der Waals surface area contributed by atoms with Crippen molar-refractivity contribution in [3.8, 4) is 0 Å². The number of amides is 1. The van der Waals surface area contributed by atoms with Crippen molar-refractivity contribution in [2.24, 2.45) is 5.92 Å². The van der Waals surface area contributed by atoms with E-state index < -0.39 is 0 Å². The van der Waals surface area contributed by atoms with Gasteiger partial charge in [0.2, 0.25) is 0 Å². The molecular formula is C20H28BFN2O. The molecule has 3 rings (SSSR count). The van der Waals surface area contributed by atoms with E-state index in [1.165, 1.54) is 50.7 Å². The van der Waals surface area contributed by atoms with Gasteiger partial charge in [0.15, 0.2) is 0 Å². The lowest BCUT2D eigenvalue weighted by Crippen LogP contribution is -2.29. The molecule has 1 aromatic heterocycles. The summed E-state index contributed by atoms with van der Waals surface area (Å²) in [4.78, 5) is 12.8. The predicted octanol–water partition coefficient (Wildman–Crippen LogP) is 3.32. The molecule has 5 heteroatoms. The number of halogens is 1. The number of carbonyl (C=O) groups is 1. The fraction of sp³-hybridized carbons (Fsp3) is 0.550. The second-order valence-electron chi connectivity index (χ2n) is 7.73. The Bertz CT molecular complexity index is 761. The molecule has 1 fully saturated rings. The van der Waals surface area contributed by atoms with Crippen LogP contribution < -0.4 is 10.8 Å². The van der Waals surface area contributed by atoms with Gasteiger partial charge in [0.05, 0.1) is 11.1 Å². The second-order valence-corrected chi connectivity index (χ2v) is 7.73.